The van der Waals surface area contributed by atoms with Crippen molar-refractivity contribution in [1.82, 2.24) is 4.90 Å². The van der Waals surface area contributed by atoms with Gasteiger partial charge in [0.2, 0.25) is 5.91 Å². The van der Waals surface area contributed by atoms with Gasteiger partial charge in [-0.15, -0.1) is 0 Å². The molecule has 1 aromatic carbocycles. The largest absolute Gasteiger partial charge is 0.433 e. The molecule has 1 saturated carbocycles. The molecule has 2 rings (SSSR count). The molecule has 1 aliphatic rings. The van der Waals surface area contributed by atoms with Gasteiger partial charge < -0.3 is 15.2 Å². The molecule has 5 nitrogen and oxygen atoms in total. The molecule has 128 valence electrons. The third kappa shape index (κ3) is 5.02. The summed E-state index contributed by atoms with van der Waals surface area (Å²) in [5, 5.41) is 12.5. The highest BCUT2D eigenvalue weighted by Gasteiger charge is 2.29. The maximum Gasteiger partial charge on any atom is 0.387 e. The minimum absolute atomic E-state index is 0.0114. The minimum Gasteiger partial charge on any atom is -0.433 e. The Morgan fingerprint density at radius 3 is 2.83 bits per heavy atom. The average Bonchev–Trinajstić information content (AvgIpc) is 2.87. The number of carbonyl (C=O) groups is 1. The molecule has 0 aliphatic heterocycles. The van der Waals surface area contributed by atoms with Crippen molar-refractivity contribution < 1.29 is 23.4 Å². The van der Waals surface area contributed by atoms with Gasteiger partial charge in [-0.1, -0.05) is 11.6 Å². The number of carbonyl (C=O) groups excluding carboxylic acids is 1. The highest BCUT2D eigenvalue weighted by molar-refractivity contribution is 6.32. The van der Waals surface area contributed by atoms with Crippen LogP contribution in [-0.2, 0) is 4.79 Å². The van der Waals surface area contributed by atoms with Crippen LogP contribution in [0.25, 0.3) is 0 Å². The van der Waals surface area contributed by atoms with Gasteiger partial charge in [0.1, 0.15) is 5.75 Å². The Morgan fingerprint density at radius 2 is 2.26 bits per heavy atom. The molecular formula is C15H19ClF2N2O3. The van der Waals surface area contributed by atoms with Gasteiger partial charge >= 0.3 is 6.61 Å². The van der Waals surface area contributed by atoms with Crippen LogP contribution < -0.4 is 10.1 Å². The van der Waals surface area contributed by atoms with E-state index in [9.17, 15) is 18.7 Å². The van der Waals surface area contributed by atoms with Crippen molar-refractivity contribution in [3.8, 4) is 5.75 Å². The first-order chi connectivity index (χ1) is 10.9. The highest BCUT2D eigenvalue weighted by Crippen LogP contribution is 2.29. The van der Waals surface area contributed by atoms with E-state index in [1.54, 1.807) is 7.05 Å². The summed E-state index contributed by atoms with van der Waals surface area (Å²) >= 11 is 5.83. The lowest BCUT2D eigenvalue weighted by molar-refractivity contribution is -0.117. The van der Waals surface area contributed by atoms with E-state index in [0.29, 0.717) is 5.69 Å². The Labute approximate surface area is 138 Å². The Kier molecular flexibility index (Phi) is 6.15. The number of nitrogens with zero attached hydrogens (tertiary/aromatic N) is 1. The molecule has 0 unspecified atom stereocenters. The number of aliphatic hydroxyl groups excluding tert-OH is 1. The summed E-state index contributed by atoms with van der Waals surface area (Å²) in [5.41, 5.74) is 0.391. The summed E-state index contributed by atoms with van der Waals surface area (Å²) in [6, 6.07) is 4.04. The quantitative estimate of drug-likeness (QED) is 0.830. The predicted octanol–water partition coefficient (Wildman–Crippen LogP) is 2.73. The summed E-state index contributed by atoms with van der Waals surface area (Å²) in [6.45, 7) is -2.84. The van der Waals surface area contributed by atoms with Crippen LogP contribution in [0.3, 0.4) is 0 Å². The fourth-order valence-electron chi connectivity index (χ4n) is 2.75. The number of hydrogen-bond acceptors (Lipinski definition) is 4. The van der Waals surface area contributed by atoms with Gasteiger partial charge in [-0.25, -0.2) is 0 Å². The second-order valence-electron chi connectivity index (χ2n) is 5.55. The van der Waals surface area contributed by atoms with E-state index in [2.05, 4.69) is 10.1 Å². The first-order valence-corrected chi connectivity index (χ1v) is 7.67. The van der Waals surface area contributed by atoms with Gasteiger partial charge in [-0.05, 0) is 44.5 Å². The van der Waals surface area contributed by atoms with E-state index >= 15 is 0 Å². The zero-order valence-corrected chi connectivity index (χ0v) is 13.4. The van der Waals surface area contributed by atoms with Crippen LogP contribution in [0.15, 0.2) is 18.2 Å². The third-order valence-corrected chi connectivity index (χ3v) is 4.13. The van der Waals surface area contributed by atoms with Crippen LogP contribution in [0.4, 0.5) is 14.5 Å². The normalized spacial score (nSPS) is 21.0. The van der Waals surface area contributed by atoms with Crippen LogP contribution in [0.1, 0.15) is 19.3 Å². The SMILES string of the molecule is CN(CC(=O)Nc1ccc(OC(F)F)c(Cl)c1)[C@H]1CCC[C@@H]1O. The summed E-state index contributed by atoms with van der Waals surface area (Å²) in [6.07, 6.45) is 2.14. The maximum absolute atomic E-state index is 12.2. The van der Waals surface area contributed by atoms with Crippen molar-refractivity contribution >= 4 is 23.2 Å². The number of ether oxygens (including phenoxy) is 1. The van der Waals surface area contributed by atoms with Crippen molar-refractivity contribution in [3.63, 3.8) is 0 Å². The molecule has 0 radical (unpaired) electrons. The zero-order valence-electron chi connectivity index (χ0n) is 12.6. The van der Waals surface area contributed by atoms with Crippen LogP contribution >= 0.6 is 11.6 Å². The van der Waals surface area contributed by atoms with Crippen LogP contribution in [0, 0.1) is 0 Å². The molecule has 0 bridgehead atoms. The number of aliphatic hydroxyl groups is 1. The lowest BCUT2D eigenvalue weighted by Crippen LogP contribution is -2.41. The zero-order chi connectivity index (χ0) is 17.0. The Bertz CT molecular complexity index is 560. The monoisotopic (exact) mass is 348 g/mol. The summed E-state index contributed by atoms with van der Waals surface area (Å²) in [7, 11) is 1.78. The maximum atomic E-state index is 12.2. The lowest BCUT2D eigenvalue weighted by Gasteiger charge is -2.26. The van der Waals surface area contributed by atoms with Gasteiger partial charge in [0.05, 0.1) is 17.7 Å². The van der Waals surface area contributed by atoms with E-state index in [1.165, 1.54) is 18.2 Å². The van der Waals surface area contributed by atoms with E-state index in [4.69, 9.17) is 11.6 Å². The second kappa shape index (κ2) is 7.90. The summed E-state index contributed by atoms with van der Waals surface area (Å²) in [4.78, 5) is 13.8. The van der Waals surface area contributed by atoms with Crippen molar-refractivity contribution in [3.05, 3.63) is 23.2 Å². The number of nitrogens with one attached hydrogen (secondary N) is 1. The molecule has 2 N–H and O–H groups in total. The molecule has 2 atom stereocenters. The van der Waals surface area contributed by atoms with Gasteiger partial charge in [-0.3, -0.25) is 9.69 Å². The van der Waals surface area contributed by atoms with E-state index in [0.717, 1.165) is 19.3 Å². The average molecular weight is 349 g/mol. The van der Waals surface area contributed by atoms with E-state index < -0.39 is 12.7 Å². The first kappa shape index (κ1) is 17.9. The number of hydrogen-bond donors (Lipinski definition) is 2. The molecule has 0 saturated heterocycles. The highest BCUT2D eigenvalue weighted by atomic mass is 35.5. The molecule has 1 amide bonds. The third-order valence-electron chi connectivity index (χ3n) is 3.83. The molecule has 1 fully saturated rings. The number of likely N-dealkylation sites (N-methyl/N-ethyl adjacent to an activating group) is 1. The van der Waals surface area contributed by atoms with E-state index in [-0.39, 0.29) is 29.3 Å². The molecule has 23 heavy (non-hydrogen) atoms. The Balaban J connectivity index is 1.91. The van der Waals surface area contributed by atoms with Crippen LogP contribution in [0.2, 0.25) is 5.02 Å². The van der Waals surface area contributed by atoms with Crippen molar-refractivity contribution in [2.75, 3.05) is 18.9 Å². The molecule has 1 aliphatic carbocycles. The molecular weight excluding hydrogens is 330 g/mol. The Hall–Kier alpha value is -1.44. The minimum atomic E-state index is -2.96. The molecule has 0 spiro atoms. The lowest BCUT2D eigenvalue weighted by atomic mass is 10.2. The number of rotatable bonds is 6. The number of amides is 1. The van der Waals surface area contributed by atoms with Gasteiger partial charge in [0, 0.05) is 11.7 Å². The van der Waals surface area contributed by atoms with Crippen molar-refractivity contribution in [2.24, 2.45) is 0 Å². The molecule has 0 aromatic heterocycles. The number of halogens is 3. The van der Waals surface area contributed by atoms with E-state index in [1.807, 2.05) is 4.90 Å². The predicted molar refractivity (Wildman–Crippen MR) is 83.0 cm³/mol. The summed E-state index contributed by atoms with van der Waals surface area (Å²) in [5.74, 6) is -0.420. The second-order valence-corrected chi connectivity index (χ2v) is 5.96. The van der Waals surface area contributed by atoms with Crippen molar-refractivity contribution in [1.29, 1.82) is 0 Å². The van der Waals surface area contributed by atoms with Crippen LogP contribution in [-0.4, -0.2) is 48.3 Å². The number of alkyl halides is 2. The fraction of sp³-hybridized carbons (Fsp3) is 0.533. The van der Waals surface area contributed by atoms with Gasteiger partial charge in [0.25, 0.3) is 0 Å². The standard InChI is InChI=1S/C15H19ClF2N2O3/c1-20(11-3-2-4-12(11)21)8-14(22)19-9-5-6-13(10(16)7-9)23-15(17)18/h5-7,11-12,15,21H,2-4,8H2,1H3,(H,19,22)/t11-,12-/m0/s1. The summed E-state index contributed by atoms with van der Waals surface area (Å²) < 4.78 is 28.5. The first-order valence-electron chi connectivity index (χ1n) is 7.29. The number of benzene rings is 1. The van der Waals surface area contributed by atoms with Gasteiger partial charge in [-0.2, -0.15) is 8.78 Å². The van der Waals surface area contributed by atoms with Crippen LogP contribution in [0.5, 0.6) is 5.75 Å². The smallest absolute Gasteiger partial charge is 0.387 e. The Morgan fingerprint density at radius 1 is 1.52 bits per heavy atom. The number of anilines is 1. The molecule has 1 aromatic rings. The van der Waals surface area contributed by atoms with Gasteiger partial charge in [0.15, 0.2) is 0 Å². The topological polar surface area (TPSA) is 61.8 Å². The molecule has 8 heteroatoms. The van der Waals surface area contributed by atoms with Crippen molar-refractivity contribution in [2.45, 2.75) is 38.0 Å². The fourth-order valence-corrected chi connectivity index (χ4v) is 2.97. The molecule has 0 heterocycles.